The van der Waals surface area contributed by atoms with Gasteiger partial charge in [0, 0.05) is 0 Å². The summed E-state index contributed by atoms with van der Waals surface area (Å²) in [5, 5.41) is 0. The van der Waals surface area contributed by atoms with Gasteiger partial charge < -0.3 is 11.5 Å². The first-order chi connectivity index (χ1) is 10.1. The standard InChI is InChI=1S/C7H14.C6H12.C2H6N2.2C2H6/c1-7-5-3-2-4-6-7;1-2-4-6-5-3-1;1-2(3)4;2*1-2/h7H,2-6H2,1H3;1-6H2;1,3-4H2;2*1-2H3. The van der Waals surface area contributed by atoms with Crippen LogP contribution in [0.5, 0.6) is 0 Å². The molecule has 2 nitrogen and oxygen atoms in total. The van der Waals surface area contributed by atoms with Crippen molar-refractivity contribution in [3.8, 4) is 0 Å². The first-order valence-electron chi connectivity index (χ1n) is 9.32. The molecule has 0 bridgehead atoms. The first kappa shape index (κ1) is 25.3. The van der Waals surface area contributed by atoms with Gasteiger partial charge in [0.2, 0.25) is 0 Å². The van der Waals surface area contributed by atoms with Gasteiger partial charge in [0.15, 0.2) is 0 Å². The van der Waals surface area contributed by atoms with Crippen LogP contribution in [0, 0.1) is 5.92 Å². The van der Waals surface area contributed by atoms with E-state index < -0.39 is 0 Å². The van der Waals surface area contributed by atoms with E-state index in [0.29, 0.717) is 0 Å². The zero-order chi connectivity index (χ0) is 16.9. The van der Waals surface area contributed by atoms with Gasteiger partial charge in [0.1, 0.15) is 0 Å². The molecule has 0 amide bonds. The van der Waals surface area contributed by atoms with E-state index in [0.717, 1.165) is 5.92 Å². The second-order valence-electron chi connectivity index (χ2n) is 5.44. The molecule has 0 saturated heterocycles. The molecule has 0 heterocycles. The summed E-state index contributed by atoms with van der Waals surface area (Å²) in [7, 11) is 0. The molecule has 2 heteroatoms. The van der Waals surface area contributed by atoms with Crippen LogP contribution in [-0.2, 0) is 0 Å². The van der Waals surface area contributed by atoms with Gasteiger partial charge in [-0.05, 0) is 5.92 Å². The molecule has 2 saturated carbocycles. The van der Waals surface area contributed by atoms with Crippen LogP contribution in [-0.4, -0.2) is 0 Å². The Labute approximate surface area is 135 Å². The highest BCUT2D eigenvalue weighted by Gasteiger charge is 2.05. The van der Waals surface area contributed by atoms with Crippen LogP contribution in [0.15, 0.2) is 12.4 Å². The quantitative estimate of drug-likeness (QED) is 0.547. The summed E-state index contributed by atoms with van der Waals surface area (Å²) in [5.41, 5.74) is 9.39. The summed E-state index contributed by atoms with van der Waals surface area (Å²) in [4.78, 5) is 0. The van der Waals surface area contributed by atoms with E-state index in [2.05, 4.69) is 13.5 Å². The third kappa shape index (κ3) is 32.7. The summed E-state index contributed by atoms with van der Waals surface area (Å²) in [6, 6.07) is 0. The third-order valence-electron chi connectivity index (χ3n) is 3.39. The second-order valence-corrected chi connectivity index (χ2v) is 5.44. The molecule has 0 aromatic carbocycles. The van der Waals surface area contributed by atoms with Crippen molar-refractivity contribution in [1.29, 1.82) is 0 Å². The largest absolute Gasteiger partial charge is 0.386 e. The smallest absolute Gasteiger partial charge is 0.0859 e. The molecule has 0 unspecified atom stereocenters. The van der Waals surface area contributed by atoms with E-state index in [9.17, 15) is 0 Å². The van der Waals surface area contributed by atoms with Gasteiger partial charge in [-0.15, -0.1) is 0 Å². The fourth-order valence-corrected chi connectivity index (χ4v) is 2.37. The Balaban J connectivity index is -0.000000213. The molecular weight excluding hydrogens is 256 g/mol. The molecule has 2 fully saturated rings. The molecule has 0 aromatic rings. The lowest BCUT2D eigenvalue weighted by molar-refractivity contribution is 0.385. The van der Waals surface area contributed by atoms with E-state index in [1.165, 1.54) is 70.6 Å². The maximum atomic E-state index is 4.69. The fourth-order valence-electron chi connectivity index (χ4n) is 2.37. The van der Waals surface area contributed by atoms with Crippen LogP contribution in [0.2, 0.25) is 0 Å². The SMILES string of the molecule is C1CCCCC1.C=C(N)N.CC.CC.CC1CCCCC1. The van der Waals surface area contributed by atoms with Crippen molar-refractivity contribution in [1.82, 2.24) is 0 Å². The molecule has 21 heavy (non-hydrogen) atoms. The van der Waals surface area contributed by atoms with Crippen LogP contribution >= 0.6 is 0 Å². The Kier molecular flexibility index (Phi) is 29.4. The Bertz CT molecular complexity index is 153. The van der Waals surface area contributed by atoms with Crippen molar-refractivity contribution in [3.63, 3.8) is 0 Å². The van der Waals surface area contributed by atoms with Gasteiger partial charge in [-0.3, -0.25) is 0 Å². The molecule has 4 N–H and O–H groups in total. The normalized spacial score (nSPS) is 17.0. The average molecular weight is 301 g/mol. The zero-order valence-electron chi connectivity index (χ0n) is 15.7. The van der Waals surface area contributed by atoms with Crippen molar-refractivity contribution >= 4 is 0 Å². The molecule has 130 valence electrons. The highest BCUT2D eigenvalue weighted by molar-refractivity contribution is 4.73. The van der Waals surface area contributed by atoms with E-state index in [4.69, 9.17) is 11.5 Å². The van der Waals surface area contributed by atoms with Crippen molar-refractivity contribution in [2.45, 2.75) is 105 Å². The number of nitrogens with two attached hydrogens (primary N) is 2. The Morgan fingerprint density at radius 1 is 0.667 bits per heavy atom. The molecule has 2 aliphatic rings. The fraction of sp³-hybridized carbons (Fsp3) is 0.895. The Hall–Kier alpha value is -0.660. The van der Waals surface area contributed by atoms with Crippen molar-refractivity contribution in [2.75, 3.05) is 0 Å². The maximum Gasteiger partial charge on any atom is 0.0859 e. The lowest BCUT2D eigenvalue weighted by Gasteiger charge is -2.15. The lowest BCUT2D eigenvalue weighted by atomic mass is 9.91. The van der Waals surface area contributed by atoms with Crippen LogP contribution in [0.4, 0.5) is 0 Å². The third-order valence-corrected chi connectivity index (χ3v) is 3.39. The van der Waals surface area contributed by atoms with E-state index in [-0.39, 0.29) is 5.82 Å². The van der Waals surface area contributed by atoms with Crippen LogP contribution in [0.25, 0.3) is 0 Å². The molecule has 0 atom stereocenters. The molecule has 0 radical (unpaired) electrons. The highest BCUT2D eigenvalue weighted by Crippen LogP contribution is 2.22. The summed E-state index contributed by atoms with van der Waals surface area (Å²) in [6.45, 7) is 13.5. The Morgan fingerprint density at radius 2 is 0.857 bits per heavy atom. The van der Waals surface area contributed by atoms with Crippen LogP contribution in [0.3, 0.4) is 0 Å². The predicted octanol–water partition coefficient (Wildman–Crippen LogP) is 6.35. The first-order valence-corrected chi connectivity index (χ1v) is 9.32. The predicted molar refractivity (Wildman–Crippen MR) is 100 cm³/mol. The minimum Gasteiger partial charge on any atom is -0.386 e. The van der Waals surface area contributed by atoms with Gasteiger partial charge >= 0.3 is 0 Å². The molecule has 0 aliphatic heterocycles. The lowest BCUT2D eigenvalue weighted by Crippen LogP contribution is -2.04. The van der Waals surface area contributed by atoms with E-state index >= 15 is 0 Å². The summed E-state index contributed by atoms with van der Waals surface area (Å²) in [5.74, 6) is 1.20. The topological polar surface area (TPSA) is 52.0 Å². The summed E-state index contributed by atoms with van der Waals surface area (Å²) < 4.78 is 0. The highest BCUT2D eigenvalue weighted by atomic mass is 14.8. The van der Waals surface area contributed by atoms with E-state index in [1.54, 1.807) is 0 Å². The minimum absolute atomic E-state index is 0.167. The Morgan fingerprint density at radius 3 is 1.00 bits per heavy atom. The van der Waals surface area contributed by atoms with Gasteiger partial charge in [0.05, 0.1) is 5.82 Å². The summed E-state index contributed by atoms with van der Waals surface area (Å²) in [6.07, 6.45) is 16.4. The minimum atomic E-state index is 0.167. The summed E-state index contributed by atoms with van der Waals surface area (Å²) >= 11 is 0. The van der Waals surface area contributed by atoms with Crippen molar-refractivity contribution in [2.24, 2.45) is 17.4 Å². The number of hydrogen-bond acceptors (Lipinski definition) is 2. The van der Waals surface area contributed by atoms with Crippen LogP contribution < -0.4 is 11.5 Å². The second kappa shape index (κ2) is 24.4. The number of hydrogen-bond donors (Lipinski definition) is 2. The number of rotatable bonds is 0. The van der Waals surface area contributed by atoms with Gasteiger partial charge in [0.25, 0.3) is 0 Å². The monoisotopic (exact) mass is 300 g/mol. The molecule has 2 aliphatic carbocycles. The van der Waals surface area contributed by atoms with Gasteiger partial charge in [-0.1, -0.05) is 112 Å². The zero-order valence-corrected chi connectivity index (χ0v) is 15.7. The molecule has 0 aromatic heterocycles. The van der Waals surface area contributed by atoms with Crippen molar-refractivity contribution in [3.05, 3.63) is 12.4 Å². The molecule has 0 spiro atoms. The van der Waals surface area contributed by atoms with Crippen LogP contribution in [0.1, 0.15) is 105 Å². The maximum absolute atomic E-state index is 4.69. The molecule has 2 rings (SSSR count). The molecular formula is C19H44N2. The average Bonchev–Trinajstić information content (AvgIpc) is 2.54. The van der Waals surface area contributed by atoms with Gasteiger partial charge in [-0.2, -0.15) is 0 Å². The van der Waals surface area contributed by atoms with E-state index in [1.807, 2.05) is 27.7 Å². The van der Waals surface area contributed by atoms with Gasteiger partial charge in [-0.25, -0.2) is 0 Å². The van der Waals surface area contributed by atoms with Crippen molar-refractivity contribution < 1.29 is 0 Å².